The molecule has 0 unspecified atom stereocenters. The summed E-state index contributed by atoms with van der Waals surface area (Å²) in [6.45, 7) is 5.37. The van der Waals surface area contributed by atoms with Crippen molar-refractivity contribution >= 4 is 5.78 Å². The molecule has 0 heterocycles. The summed E-state index contributed by atoms with van der Waals surface area (Å²) in [6.07, 6.45) is 16.2. The van der Waals surface area contributed by atoms with Gasteiger partial charge in [-0.3, -0.25) is 4.79 Å². The Kier molecular flexibility index (Phi) is 9.25. The average molecular weight is 376 g/mol. The van der Waals surface area contributed by atoms with E-state index < -0.39 is 0 Å². The Hall–Kier alpha value is -0.930. The second-order valence-electron chi connectivity index (χ2n) is 9.16. The molecule has 0 aliphatic heterocycles. The van der Waals surface area contributed by atoms with Gasteiger partial charge in [0.05, 0.1) is 6.10 Å². The van der Waals surface area contributed by atoms with Crippen LogP contribution in [0.4, 0.5) is 0 Å². The number of hydrogen-bond donors (Lipinski definition) is 1. The summed E-state index contributed by atoms with van der Waals surface area (Å²) in [5.74, 6) is 1.51. The molecule has 2 aliphatic rings. The highest BCUT2D eigenvalue weighted by Gasteiger charge is 2.43. The van der Waals surface area contributed by atoms with Crippen molar-refractivity contribution in [1.29, 1.82) is 0 Å². The summed E-state index contributed by atoms with van der Waals surface area (Å²) in [4.78, 5) is 14.6. The van der Waals surface area contributed by atoms with Crippen LogP contribution in [0, 0.1) is 23.7 Å². The van der Waals surface area contributed by atoms with E-state index in [0.717, 1.165) is 32.1 Å². The third kappa shape index (κ3) is 6.87. The number of hydrogen-bond acceptors (Lipinski definition) is 3. The largest absolute Gasteiger partial charge is 0.392 e. The van der Waals surface area contributed by atoms with E-state index in [4.69, 9.17) is 0 Å². The molecule has 0 amide bonds. The van der Waals surface area contributed by atoms with Crippen molar-refractivity contribution in [2.75, 3.05) is 20.6 Å². The lowest BCUT2D eigenvalue weighted by Crippen LogP contribution is -2.18. The van der Waals surface area contributed by atoms with Crippen LogP contribution < -0.4 is 0 Å². The van der Waals surface area contributed by atoms with Crippen molar-refractivity contribution in [2.45, 2.75) is 77.7 Å². The van der Waals surface area contributed by atoms with Crippen LogP contribution in [0.2, 0.25) is 0 Å². The fourth-order valence-corrected chi connectivity index (χ4v) is 4.77. The van der Waals surface area contributed by atoms with E-state index in [1.165, 1.54) is 32.2 Å². The second kappa shape index (κ2) is 11.2. The average Bonchev–Trinajstić information content (AvgIpc) is 3.13. The minimum absolute atomic E-state index is 0.106. The van der Waals surface area contributed by atoms with E-state index in [9.17, 15) is 9.90 Å². The number of ketones is 1. The fourth-order valence-electron chi connectivity index (χ4n) is 4.77. The van der Waals surface area contributed by atoms with Gasteiger partial charge in [0.15, 0.2) is 5.78 Å². The third-order valence-corrected chi connectivity index (χ3v) is 6.51. The van der Waals surface area contributed by atoms with Crippen molar-refractivity contribution < 1.29 is 9.90 Å². The second-order valence-corrected chi connectivity index (χ2v) is 9.16. The predicted molar refractivity (Wildman–Crippen MR) is 114 cm³/mol. The molecule has 0 bridgehead atoms. The normalized spacial score (nSPS) is 28.7. The molecule has 3 heteroatoms. The lowest BCUT2D eigenvalue weighted by atomic mass is 9.88. The van der Waals surface area contributed by atoms with Crippen LogP contribution in [0.5, 0.6) is 0 Å². The Morgan fingerprint density at radius 2 is 2.07 bits per heavy atom. The number of unbranched alkanes of at least 4 members (excludes halogenated alkanes) is 3. The number of fused-ring (bicyclic) bond motifs is 1. The summed E-state index contributed by atoms with van der Waals surface area (Å²) in [5, 5.41) is 10.5. The first-order valence-electron chi connectivity index (χ1n) is 11.2. The van der Waals surface area contributed by atoms with E-state index in [-0.39, 0.29) is 23.7 Å². The van der Waals surface area contributed by atoms with Gasteiger partial charge in [-0.15, -0.1) is 0 Å². The molecule has 2 rings (SSSR count). The molecule has 0 aromatic rings. The summed E-state index contributed by atoms with van der Waals surface area (Å²) >= 11 is 0. The Morgan fingerprint density at radius 3 is 2.78 bits per heavy atom. The van der Waals surface area contributed by atoms with E-state index >= 15 is 0 Å². The molecule has 0 aromatic carbocycles. The quantitative estimate of drug-likeness (QED) is 0.296. The van der Waals surface area contributed by atoms with E-state index in [2.05, 4.69) is 32.0 Å². The molecule has 0 saturated heterocycles. The molecule has 2 aliphatic carbocycles. The van der Waals surface area contributed by atoms with Gasteiger partial charge in [-0.1, -0.05) is 50.8 Å². The third-order valence-electron chi connectivity index (χ3n) is 6.51. The van der Waals surface area contributed by atoms with Gasteiger partial charge in [0.1, 0.15) is 0 Å². The first kappa shape index (κ1) is 22.4. The molecule has 0 spiro atoms. The van der Waals surface area contributed by atoms with Gasteiger partial charge in [-0.2, -0.15) is 0 Å². The van der Waals surface area contributed by atoms with E-state index in [1.807, 2.05) is 13.0 Å². The molecular formula is C24H41NO2. The first-order valence-corrected chi connectivity index (χ1v) is 11.2. The van der Waals surface area contributed by atoms with Crippen LogP contribution in [0.25, 0.3) is 0 Å². The van der Waals surface area contributed by atoms with Crippen LogP contribution in [-0.4, -0.2) is 42.5 Å². The molecule has 1 saturated carbocycles. The summed E-state index contributed by atoms with van der Waals surface area (Å²) in [5.41, 5.74) is 1.59. The van der Waals surface area contributed by atoms with Crippen molar-refractivity contribution in [1.82, 2.24) is 4.90 Å². The van der Waals surface area contributed by atoms with Crippen molar-refractivity contribution in [2.24, 2.45) is 23.7 Å². The van der Waals surface area contributed by atoms with Gasteiger partial charge in [-0.25, -0.2) is 0 Å². The number of carbonyl (C=O) groups excluding carboxylic acids is 1. The standard InChI is InChI=1S/C24H41NO2/c1-5-6-10-18(2)23(26)13-12-21-22-16-19(15-20(22)17-24(21)27)11-8-7-9-14-25(3)4/h12-13,15,18,20-22,24,27H,5-11,14,16-17H2,1-4H3/b13-12+/t18-,20+,21-,22+,24-/m1/s1. The first-order chi connectivity index (χ1) is 12.9. The molecule has 0 aromatic heterocycles. The van der Waals surface area contributed by atoms with Crippen molar-refractivity contribution in [3.8, 4) is 0 Å². The zero-order valence-electron chi connectivity index (χ0n) is 18.0. The van der Waals surface area contributed by atoms with Gasteiger partial charge in [0.2, 0.25) is 0 Å². The maximum absolute atomic E-state index is 12.3. The number of carbonyl (C=O) groups is 1. The van der Waals surface area contributed by atoms with Gasteiger partial charge in [0, 0.05) is 11.8 Å². The molecule has 5 atom stereocenters. The fraction of sp³-hybridized carbons (Fsp3) is 0.792. The number of aliphatic hydroxyl groups is 1. The topological polar surface area (TPSA) is 40.5 Å². The Morgan fingerprint density at radius 1 is 1.30 bits per heavy atom. The molecule has 1 N–H and O–H groups in total. The Balaban J connectivity index is 1.79. The van der Waals surface area contributed by atoms with Gasteiger partial charge in [-0.05, 0) is 77.1 Å². The van der Waals surface area contributed by atoms with Crippen LogP contribution in [0.1, 0.15) is 71.6 Å². The molecule has 27 heavy (non-hydrogen) atoms. The van der Waals surface area contributed by atoms with E-state index in [1.54, 1.807) is 11.6 Å². The van der Waals surface area contributed by atoms with E-state index in [0.29, 0.717) is 11.8 Å². The van der Waals surface area contributed by atoms with Crippen LogP contribution in [0.3, 0.4) is 0 Å². The maximum atomic E-state index is 12.3. The molecule has 0 radical (unpaired) electrons. The van der Waals surface area contributed by atoms with Gasteiger partial charge < -0.3 is 10.0 Å². The molecular weight excluding hydrogens is 334 g/mol. The van der Waals surface area contributed by atoms with Crippen molar-refractivity contribution in [3.05, 3.63) is 23.8 Å². The minimum atomic E-state index is -0.284. The lowest BCUT2D eigenvalue weighted by Gasteiger charge is -2.18. The van der Waals surface area contributed by atoms with Gasteiger partial charge in [0.25, 0.3) is 0 Å². The minimum Gasteiger partial charge on any atom is -0.392 e. The van der Waals surface area contributed by atoms with Gasteiger partial charge >= 0.3 is 0 Å². The SMILES string of the molecule is CCCC[C@@H](C)C(=O)/C=C/[C@@H]1[C@H]2CC(CCCCCN(C)C)=C[C@H]2C[C@H]1O. The Bertz CT molecular complexity index is 522. The number of aliphatic hydroxyl groups excluding tert-OH is 1. The highest BCUT2D eigenvalue weighted by atomic mass is 16.3. The van der Waals surface area contributed by atoms with Crippen molar-refractivity contribution in [3.63, 3.8) is 0 Å². The predicted octanol–water partition coefficient (Wildman–Crippen LogP) is 5.00. The zero-order chi connectivity index (χ0) is 19.8. The molecule has 3 nitrogen and oxygen atoms in total. The molecule has 1 fully saturated rings. The van der Waals surface area contributed by atoms with Crippen LogP contribution in [-0.2, 0) is 4.79 Å². The highest BCUT2D eigenvalue weighted by Crippen LogP contribution is 2.48. The smallest absolute Gasteiger partial charge is 0.158 e. The monoisotopic (exact) mass is 375 g/mol. The summed E-state index contributed by atoms with van der Waals surface area (Å²) in [6, 6.07) is 0. The zero-order valence-corrected chi connectivity index (χ0v) is 18.0. The molecule has 154 valence electrons. The summed E-state index contributed by atoms with van der Waals surface area (Å²) < 4.78 is 0. The lowest BCUT2D eigenvalue weighted by molar-refractivity contribution is -0.117. The number of nitrogens with zero attached hydrogens (tertiary/aromatic N) is 1. The van der Waals surface area contributed by atoms with Crippen LogP contribution in [0.15, 0.2) is 23.8 Å². The highest BCUT2D eigenvalue weighted by molar-refractivity contribution is 5.91. The number of rotatable bonds is 12. The number of allylic oxidation sites excluding steroid dienone is 3. The van der Waals surface area contributed by atoms with Crippen LogP contribution >= 0.6 is 0 Å². The summed E-state index contributed by atoms with van der Waals surface area (Å²) in [7, 11) is 4.27. The maximum Gasteiger partial charge on any atom is 0.158 e. The Labute approximate surface area is 166 Å².